The molecule has 0 saturated carbocycles. The molecule has 1 saturated heterocycles. The van der Waals surface area contributed by atoms with Gasteiger partial charge in [-0.3, -0.25) is 9.69 Å². The van der Waals surface area contributed by atoms with E-state index in [0.717, 1.165) is 36.6 Å². The average molecular weight is 376 g/mol. The fourth-order valence-corrected chi connectivity index (χ4v) is 3.65. The maximum Gasteiger partial charge on any atom is 0.255 e. The van der Waals surface area contributed by atoms with E-state index in [1.54, 1.807) is 10.7 Å². The van der Waals surface area contributed by atoms with Gasteiger partial charge in [0, 0.05) is 17.8 Å². The Hall–Kier alpha value is -3.06. The number of hydrogen-bond donors (Lipinski definition) is 1. The van der Waals surface area contributed by atoms with E-state index in [2.05, 4.69) is 37.9 Å². The molecule has 1 N–H and O–H groups in total. The van der Waals surface area contributed by atoms with E-state index >= 15 is 0 Å². The number of rotatable bonds is 5. The number of aryl methyl sites for hydroxylation is 1. The Balaban J connectivity index is 1.44. The van der Waals surface area contributed by atoms with Crippen molar-refractivity contribution in [1.29, 1.82) is 0 Å². The fourth-order valence-electron chi connectivity index (χ4n) is 3.65. The highest BCUT2D eigenvalue weighted by Crippen LogP contribution is 2.18. The number of amides is 1. The van der Waals surface area contributed by atoms with Crippen LogP contribution in [-0.2, 0) is 6.54 Å². The normalized spacial score (nSPS) is 14.8. The van der Waals surface area contributed by atoms with Gasteiger partial charge in [-0.1, -0.05) is 18.6 Å². The van der Waals surface area contributed by atoms with E-state index in [0.29, 0.717) is 5.56 Å². The molecule has 0 bridgehead atoms. The minimum absolute atomic E-state index is 0.124. The quantitative estimate of drug-likeness (QED) is 0.740. The topological polar surface area (TPSA) is 75.9 Å². The van der Waals surface area contributed by atoms with Crippen molar-refractivity contribution in [2.75, 3.05) is 18.4 Å². The zero-order valence-corrected chi connectivity index (χ0v) is 16.0. The summed E-state index contributed by atoms with van der Waals surface area (Å²) < 4.78 is 1.58. The number of carbonyl (C=O) groups excluding carboxylic acids is 1. The first kappa shape index (κ1) is 18.3. The van der Waals surface area contributed by atoms with Crippen molar-refractivity contribution < 1.29 is 4.79 Å². The summed E-state index contributed by atoms with van der Waals surface area (Å²) in [4.78, 5) is 15.2. The summed E-state index contributed by atoms with van der Waals surface area (Å²) in [6, 6.07) is 13.6. The first-order valence-electron chi connectivity index (χ1n) is 9.66. The zero-order chi connectivity index (χ0) is 19.3. The van der Waals surface area contributed by atoms with Crippen LogP contribution in [0.3, 0.4) is 0 Å². The number of nitrogens with zero attached hydrogens (tertiary/aromatic N) is 5. The molecule has 2 aromatic carbocycles. The van der Waals surface area contributed by atoms with Crippen LogP contribution in [0, 0.1) is 6.92 Å². The van der Waals surface area contributed by atoms with Gasteiger partial charge in [0.2, 0.25) is 0 Å². The minimum Gasteiger partial charge on any atom is -0.322 e. The van der Waals surface area contributed by atoms with Crippen molar-refractivity contribution in [1.82, 2.24) is 25.1 Å². The van der Waals surface area contributed by atoms with Crippen molar-refractivity contribution in [2.24, 2.45) is 0 Å². The van der Waals surface area contributed by atoms with Crippen LogP contribution >= 0.6 is 0 Å². The van der Waals surface area contributed by atoms with Crippen LogP contribution in [0.25, 0.3) is 5.69 Å². The lowest BCUT2D eigenvalue weighted by Gasteiger charge is -2.26. The van der Waals surface area contributed by atoms with Crippen LogP contribution in [0.15, 0.2) is 48.8 Å². The number of benzene rings is 2. The fraction of sp³-hybridized carbons (Fsp3) is 0.333. The number of piperidine rings is 1. The molecule has 0 spiro atoms. The van der Waals surface area contributed by atoms with Gasteiger partial charge in [0.15, 0.2) is 0 Å². The summed E-state index contributed by atoms with van der Waals surface area (Å²) in [5.74, 6) is -0.124. The van der Waals surface area contributed by atoms with Crippen molar-refractivity contribution in [3.05, 3.63) is 65.5 Å². The third kappa shape index (κ3) is 4.26. The Morgan fingerprint density at radius 1 is 1.11 bits per heavy atom. The van der Waals surface area contributed by atoms with Crippen LogP contribution in [0.2, 0.25) is 0 Å². The highest BCUT2D eigenvalue weighted by molar-refractivity contribution is 6.04. The van der Waals surface area contributed by atoms with Crippen LogP contribution < -0.4 is 5.32 Å². The summed E-state index contributed by atoms with van der Waals surface area (Å²) >= 11 is 0. The molecule has 7 heteroatoms. The van der Waals surface area contributed by atoms with E-state index in [-0.39, 0.29) is 5.91 Å². The Morgan fingerprint density at radius 3 is 2.71 bits per heavy atom. The molecule has 0 aliphatic carbocycles. The Labute approximate surface area is 164 Å². The van der Waals surface area contributed by atoms with Gasteiger partial charge in [-0.05, 0) is 84.7 Å². The Kier molecular flexibility index (Phi) is 5.43. The molecule has 4 rings (SSSR count). The van der Waals surface area contributed by atoms with Crippen LogP contribution in [0.5, 0.6) is 0 Å². The first-order valence-corrected chi connectivity index (χ1v) is 9.66. The molecule has 0 atom stereocenters. The lowest BCUT2D eigenvalue weighted by atomic mass is 10.1. The predicted molar refractivity (Wildman–Crippen MR) is 107 cm³/mol. The second kappa shape index (κ2) is 8.31. The van der Waals surface area contributed by atoms with Crippen molar-refractivity contribution in [3.63, 3.8) is 0 Å². The Morgan fingerprint density at radius 2 is 1.96 bits per heavy atom. The number of hydrogen-bond acceptors (Lipinski definition) is 5. The third-order valence-corrected chi connectivity index (χ3v) is 5.09. The van der Waals surface area contributed by atoms with E-state index in [9.17, 15) is 4.79 Å². The summed E-state index contributed by atoms with van der Waals surface area (Å²) in [6.45, 7) is 5.18. The van der Waals surface area contributed by atoms with Crippen LogP contribution in [0.1, 0.15) is 40.7 Å². The lowest BCUT2D eigenvalue weighted by molar-refractivity contribution is 0.102. The van der Waals surface area contributed by atoms with E-state index in [4.69, 9.17) is 0 Å². The zero-order valence-electron chi connectivity index (χ0n) is 16.0. The smallest absolute Gasteiger partial charge is 0.255 e. The molecular formula is C21H24N6O. The largest absolute Gasteiger partial charge is 0.322 e. The summed E-state index contributed by atoms with van der Waals surface area (Å²) in [7, 11) is 0. The summed E-state index contributed by atoms with van der Waals surface area (Å²) in [5.41, 5.74) is 4.44. The van der Waals surface area contributed by atoms with E-state index in [1.165, 1.54) is 31.2 Å². The molecule has 1 aliphatic heterocycles. The third-order valence-electron chi connectivity index (χ3n) is 5.09. The maximum absolute atomic E-state index is 12.7. The molecular weight excluding hydrogens is 352 g/mol. The van der Waals surface area contributed by atoms with Gasteiger partial charge >= 0.3 is 0 Å². The maximum atomic E-state index is 12.7. The summed E-state index contributed by atoms with van der Waals surface area (Å²) in [6.07, 6.45) is 5.42. The molecule has 1 fully saturated rings. The first-order chi connectivity index (χ1) is 13.7. The van der Waals surface area contributed by atoms with Crippen molar-refractivity contribution in [3.8, 4) is 5.69 Å². The number of tetrazole rings is 1. The highest BCUT2D eigenvalue weighted by atomic mass is 16.1. The molecule has 1 aliphatic rings. The van der Waals surface area contributed by atoms with Gasteiger partial charge in [-0.2, -0.15) is 0 Å². The van der Waals surface area contributed by atoms with Gasteiger partial charge in [0.25, 0.3) is 5.91 Å². The Bertz CT molecular complexity index is 947. The number of carbonyl (C=O) groups is 1. The summed E-state index contributed by atoms with van der Waals surface area (Å²) in [5, 5.41) is 14.2. The second-order valence-corrected chi connectivity index (χ2v) is 7.25. The van der Waals surface area contributed by atoms with Crippen molar-refractivity contribution in [2.45, 2.75) is 32.7 Å². The van der Waals surface area contributed by atoms with Crippen LogP contribution in [-0.4, -0.2) is 44.1 Å². The molecule has 7 nitrogen and oxygen atoms in total. The highest BCUT2D eigenvalue weighted by Gasteiger charge is 2.12. The van der Waals surface area contributed by atoms with E-state index < -0.39 is 0 Å². The molecule has 144 valence electrons. The monoisotopic (exact) mass is 376 g/mol. The molecule has 1 amide bonds. The number of aromatic nitrogens is 4. The van der Waals surface area contributed by atoms with Gasteiger partial charge in [-0.15, -0.1) is 5.10 Å². The van der Waals surface area contributed by atoms with E-state index in [1.807, 2.05) is 31.2 Å². The molecule has 1 aromatic heterocycles. The molecule has 2 heterocycles. The van der Waals surface area contributed by atoms with Gasteiger partial charge in [0.05, 0.1) is 5.69 Å². The molecule has 3 aromatic rings. The molecule has 0 unspecified atom stereocenters. The predicted octanol–water partition coefficient (Wildman–Crippen LogP) is 3.21. The van der Waals surface area contributed by atoms with Gasteiger partial charge in [0.1, 0.15) is 6.33 Å². The van der Waals surface area contributed by atoms with Gasteiger partial charge in [-0.25, -0.2) is 4.68 Å². The number of likely N-dealkylation sites (tertiary alicyclic amines) is 1. The second-order valence-electron chi connectivity index (χ2n) is 7.25. The lowest BCUT2D eigenvalue weighted by Crippen LogP contribution is -2.29. The van der Waals surface area contributed by atoms with Crippen molar-refractivity contribution >= 4 is 11.6 Å². The molecule has 28 heavy (non-hydrogen) atoms. The standard InChI is InChI=1S/C21H24N6O/c1-16-12-18(8-9-20(16)27-15-22-24-25-27)21(28)23-19-7-5-6-17(13-19)14-26-10-3-2-4-11-26/h5-9,12-13,15H,2-4,10-11,14H2,1H3,(H,23,28). The van der Waals surface area contributed by atoms with Crippen LogP contribution in [0.4, 0.5) is 5.69 Å². The SMILES string of the molecule is Cc1cc(C(=O)Nc2cccc(CN3CCCCC3)c2)ccc1-n1cnnn1. The number of nitrogens with one attached hydrogen (secondary N) is 1. The molecule has 0 radical (unpaired) electrons. The van der Waals surface area contributed by atoms with Gasteiger partial charge < -0.3 is 5.32 Å². The minimum atomic E-state index is -0.124. The number of anilines is 1. The average Bonchev–Trinajstić information content (AvgIpc) is 3.23.